The number of nitrogens with one attached hydrogen (secondary N) is 2. The summed E-state index contributed by atoms with van der Waals surface area (Å²) in [7, 11) is 0. The van der Waals surface area contributed by atoms with E-state index in [-0.39, 0.29) is 25.4 Å². The minimum Gasteiger partial charge on any atom is -0.325 e. The van der Waals surface area contributed by atoms with Crippen LogP contribution in [-0.4, -0.2) is 25.2 Å². The van der Waals surface area contributed by atoms with Crippen molar-refractivity contribution in [3.8, 4) is 0 Å². The van der Waals surface area contributed by atoms with Crippen molar-refractivity contribution in [2.45, 2.75) is 19.0 Å². The van der Waals surface area contributed by atoms with Crippen molar-refractivity contribution in [1.29, 1.82) is 0 Å². The fourth-order valence-corrected chi connectivity index (χ4v) is 1.58. The number of hydrogen-bond acceptors (Lipinski definition) is 2. The third-order valence-corrected chi connectivity index (χ3v) is 2.44. The van der Waals surface area contributed by atoms with Crippen LogP contribution in [0.1, 0.15) is 12.8 Å². The first kappa shape index (κ1) is 15.8. The van der Waals surface area contributed by atoms with Gasteiger partial charge in [0, 0.05) is 17.1 Å². The van der Waals surface area contributed by atoms with Gasteiger partial charge in [0.1, 0.15) is 0 Å². The van der Waals surface area contributed by atoms with Crippen molar-refractivity contribution in [2.24, 2.45) is 0 Å². The smallest absolute Gasteiger partial charge is 0.325 e. The predicted octanol–water partition coefficient (Wildman–Crippen LogP) is 3.21. The van der Waals surface area contributed by atoms with Gasteiger partial charge in [0.25, 0.3) is 0 Å². The molecule has 3 nitrogen and oxygen atoms in total. The lowest BCUT2D eigenvalue weighted by Gasteiger charge is -2.08. The first-order valence-electron chi connectivity index (χ1n) is 5.70. The summed E-state index contributed by atoms with van der Waals surface area (Å²) in [6.45, 7) is 0.104. The van der Waals surface area contributed by atoms with Gasteiger partial charge in [-0.25, -0.2) is 0 Å². The van der Waals surface area contributed by atoms with Crippen molar-refractivity contribution in [2.75, 3.05) is 18.4 Å². The molecular weight excluding hydrogens is 281 g/mol. The van der Waals surface area contributed by atoms with Crippen LogP contribution >= 0.6 is 11.6 Å². The topological polar surface area (TPSA) is 41.1 Å². The Morgan fingerprint density at radius 1 is 1.32 bits per heavy atom. The molecule has 0 aromatic heterocycles. The number of amides is 1. The molecule has 0 aliphatic heterocycles. The van der Waals surface area contributed by atoms with Gasteiger partial charge < -0.3 is 10.6 Å². The lowest BCUT2D eigenvalue weighted by atomic mass is 10.3. The molecule has 0 aliphatic carbocycles. The van der Waals surface area contributed by atoms with Crippen LogP contribution < -0.4 is 10.6 Å². The monoisotopic (exact) mass is 294 g/mol. The molecule has 1 aromatic carbocycles. The molecule has 7 heteroatoms. The number of rotatable bonds is 6. The second-order valence-corrected chi connectivity index (χ2v) is 4.39. The molecule has 1 aromatic rings. The third kappa shape index (κ3) is 7.69. The molecule has 0 aliphatic rings. The maximum atomic E-state index is 11.8. The fourth-order valence-electron chi connectivity index (χ4n) is 1.39. The summed E-state index contributed by atoms with van der Waals surface area (Å²) >= 11 is 5.74. The summed E-state index contributed by atoms with van der Waals surface area (Å²) in [5.74, 6) is -0.325. The van der Waals surface area contributed by atoms with Gasteiger partial charge in [0.2, 0.25) is 5.91 Å². The molecule has 2 N–H and O–H groups in total. The molecule has 0 saturated carbocycles. The maximum absolute atomic E-state index is 11.8. The summed E-state index contributed by atoms with van der Waals surface area (Å²) in [6, 6.07) is 6.62. The Kier molecular flexibility index (Phi) is 6.11. The highest BCUT2D eigenvalue weighted by Crippen LogP contribution is 2.20. The number of alkyl halides is 3. The number of hydrogen-bond donors (Lipinski definition) is 2. The van der Waals surface area contributed by atoms with E-state index in [0.717, 1.165) is 0 Å². The van der Waals surface area contributed by atoms with Gasteiger partial charge in [-0.2, -0.15) is 13.2 Å². The standard InChI is InChI=1S/C12H14ClF3N2O/c13-9-3-1-4-10(7-9)18-11(19)8-17-6-2-5-12(14,15)16/h1,3-4,7,17H,2,5-6,8H2,(H,18,19). The molecule has 0 spiro atoms. The Bertz CT molecular complexity index is 424. The Labute approximate surface area is 114 Å². The van der Waals surface area contributed by atoms with Crippen LogP contribution in [0.5, 0.6) is 0 Å². The Morgan fingerprint density at radius 2 is 2.05 bits per heavy atom. The Hall–Kier alpha value is -1.27. The van der Waals surface area contributed by atoms with E-state index >= 15 is 0 Å². The van der Waals surface area contributed by atoms with Gasteiger partial charge in [0.15, 0.2) is 0 Å². The van der Waals surface area contributed by atoms with Crippen LogP contribution in [0.15, 0.2) is 24.3 Å². The summed E-state index contributed by atoms with van der Waals surface area (Å²) in [6.07, 6.45) is -5.05. The number of anilines is 1. The van der Waals surface area contributed by atoms with Gasteiger partial charge in [-0.05, 0) is 31.2 Å². The highest BCUT2D eigenvalue weighted by molar-refractivity contribution is 6.30. The average Bonchev–Trinajstić information content (AvgIpc) is 2.26. The molecule has 0 heterocycles. The van der Waals surface area contributed by atoms with E-state index in [2.05, 4.69) is 10.6 Å². The molecule has 0 bridgehead atoms. The number of carbonyl (C=O) groups is 1. The second kappa shape index (κ2) is 7.35. The lowest BCUT2D eigenvalue weighted by molar-refractivity contribution is -0.135. The van der Waals surface area contributed by atoms with E-state index in [1.54, 1.807) is 24.3 Å². The number of halogens is 4. The highest BCUT2D eigenvalue weighted by atomic mass is 35.5. The molecule has 1 amide bonds. The van der Waals surface area contributed by atoms with Crippen molar-refractivity contribution in [3.63, 3.8) is 0 Å². The van der Waals surface area contributed by atoms with Gasteiger partial charge in [-0.1, -0.05) is 17.7 Å². The SMILES string of the molecule is O=C(CNCCCC(F)(F)F)Nc1cccc(Cl)c1. The van der Waals surface area contributed by atoms with Crippen LogP contribution in [0.25, 0.3) is 0 Å². The van der Waals surface area contributed by atoms with Crippen LogP contribution in [0, 0.1) is 0 Å². The van der Waals surface area contributed by atoms with Crippen LogP contribution in [0.3, 0.4) is 0 Å². The molecule has 0 saturated heterocycles. The van der Waals surface area contributed by atoms with E-state index in [4.69, 9.17) is 11.6 Å². The average molecular weight is 295 g/mol. The molecule has 0 fully saturated rings. The first-order valence-corrected chi connectivity index (χ1v) is 6.07. The quantitative estimate of drug-likeness (QED) is 0.791. The van der Waals surface area contributed by atoms with E-state index in [1.807, 2.05) is 0 Å². The molecule has 106 valence electrons. The molecular formula is C12H14ClF3N2O. The summed E-state index contributed by atoms with van der Waals surface area (Å²) in [4.78, 5) is 11.4. The molecule has 0 unspecified atom stereocenters. The number of benzene rings is 1. The fraction of sp³-hybridized carbons (Fsp3) is 0.417. The third-order valence-electron chi connectivity index (χ3n) is 2.21. The van der Waals surface area contributed by atoms with Gasteiger partial charge >= 0.3 is 6.18 Å². The summed E-state index contributed by atoms with van der Waals surface area (Å²) in [5, 5.41) is 5.73. The normalized spacial score (nSPS) is 11.4. The van der Waals surface area contributed by atoms with Gasteiger partial charge in [-0.15, -0.1) is 0 Å². The molecule has 0 atom stereocenters. The minimum atomic E-state index is -4.15. The van der Waals surface area contributed by atoms with E-state index in [9.17, 15) is 18.0 Å². The maximum Gasteiger partial charge on any atom is 0.389 e. The molecule has 0 radical (unpaired) electrons. The summed E-state index contributed by atoms with van der Waals surface area (Å²) < 4.78 is 35.5. The molecule has 1 rings (SSSR count). The van der Waals surface area contributed by atoms with Crippen LogP contribution in [0.2, 0.25) is 5.02 Å². The van der Waals surface area contributed by atoms with E-state index in [1.165, 1.54) is 0 Å². The zero-order valence-electron chi connectivity index (χ0n) is 10.1. The van der Waals surface area contributed by atoms with E-state index in [0.29, 0.717) is 10.7 Å². The lowest BCUT2D eigenvalue weighted by Crippen LogP contribution is -2.29. The van der Waals surface area contributed by atoms with Crippen molar-refractivity contribution in [1.82, 2.24) is 5.32 Å². The van der Waals surface area contributed by atoms with Crippen LogP contribution in [0.4, 0.5) is 18.9 Å². The second-order valence-electron chi connectivity index (χ2n) is 3.95. The Balaban J connectivity index is 2.18. The van der Waals surface area contributed by atoms with Crippen molar-refractivity contribution in [3.05, 3.63) is 29.3 Å². The zero-order chi connectivity index (χ0) is 14.3. The zero-order valence-corrected chi connectivity index (χ0v) is 10.8. The molecule has 19 heavy (non-hydrogen) atoms. The van der Waals surface area contributed by atoms with Gasteiger partial charge in [0.05, 0.1) is 6.54 Å². The number of carbonyl (C=O) groups excluding carboxylic acids is 1. The summed E-state index contributed by atoms with van der Waals surface area (Å²) in [5.41, 5.74) is 0.551. The first-order chi connectivity index (χ1) is 8.87. The van der Waals surface area contributed by atoms with Crippen molar-refractivity contribution < 1.29 is 18.0 Å². The highest BCUT2D eigenvalue weighted by Gasteiger charge is 2.25. The largest absolute Gasteiger partial charge is 0.389 e. The Morgan fingerprint density at radius 3 is 2.68 bits per heavy atom. The van der Waals surface area contributed by atoms with Crippen LogP contribution in [-0.2, 0) is 4.79 Å². The van der Waals surface area contributed by atoms with E-state index < -0.39 is 12.6 Å². The van der Waals surface area contributed by atoms with Gasteiger partial charge in [-0.3, -0.25) is 4.79 Å². The van der Waals surface area contributed by atoms with Crippen molar-refractivity contribution >= 4 is 23.2 Å². The minimum absolute atomic E-state index is 0.0373. The predicted molar refractivity (Wildman–Crippen MR) is 68.2 cm³/mol.